The number of hydrogen-bond donors (Lipinski definition) is 0. The Labute approximate surface area is 163 Å². The molecule has 0 radical (unpaired) electrons. The molecule has 2 heterocycles. The van der Waals surface area contributed by atoms with Crippen LogP contribution in [0.4, 0.5) is 4.39 Å². The minimum Gasteiger partial charge on any atom is -0.468 e. The van der Waals surface area contributed by atoms with Gasteiger partial charge in [0.05, 0.1) is 7.11 Å². The molecule has 28 heavy (non-hydrogen) atoms. The SMILES string of the molecule is COC(=O)[C@H](C)Sc1nc(-c2cccc(F)c2)nc2c1c(=O)n(C)c(=O)n2C. The summed E-state index contributed by atoms with van der Waals surface area (Å²) in [6, 6.07) is 5.65. The van der Waals surface area contributed by atoms with Gasteiger partial charge in [-0.15, -0.1) is 0 Å². The van der Waals surface area contributed by atoms with Gasteiger partial charge in [0.2, 0.25) is 0 Å². The molecular weight excluding hydrogens is 387 g/mol. The lowest BCUT2D eigenvalue weighted by Gasteiger charge is -2.14. The number of fused-ring (bicyclic) bond motifs is 1. The zero-order chi connectivity index (χ0) is 20.6. The van der Waals surface area contributed by atoms with E-state index < -0.39 is 28.3 Å². The summed E-state index contributed by atoms with van der Waals surface area (Å²) in [5.74, 6) is -0.836. The third-order valence-electron chi connectivity index (χ3n) is 4.17. The lowest BCUT2D eigenvalue weighted by atomic mass is 10.2. The molecule has 0 bridgehead atoms. The van der Waals surface area contributed by atoms with E-state index >= 15 is 0 Å². The highest BCUT2D eigenvalue weighted by Gasteiger charge is 2.22. The fourth-order valence-electron chi connectivity index (χ4n) is 2.65. The van der Waals surface area contributed by atoms with E-state index in [1.165, 1.54) is 44.0 Å². The summed E-state index contributed by atoms with van der Waals surface area (Å²) in [4.78, 5) is 45.6. The van der Waals surface area contributed by atoms with E-state index in [1.807, 2.05) is 0 Å². The number of carbonyl (C=O) groups is 1. The molecule has 0 saturated carbocycles. The summed E-state index contributed by atoms with van der Waals surface area (Å²) >= 11 is 1.01. The van der Waals surface area contributed by atoms with Crippen molar-refractivity contribution in [2.45, 2.75) is 17.2 Å². The molecule has 0 N–H and O–H groups in total. The molecule has 1 atom stereocenters. The Morgan fingerprint density at radius 3 is 2.57 bits per heavy atom. The van der Waals surface area contributed by atoms with Crippen LogP contribution in [0.2, 0.25) is 0 Å². The van der Waals surface area contributed by atoms with Gasteiger partial charge >= 0.3 is 11.7 Å². The number of nitrogens with zero attached hydrogens (tertiary/aromatic N) is 4. The smallest absolute Gasteiger partial charge is 0.332 e. The Hall–Kier alpha value is -3.01. The largest absolute Gasteiger partial charge is 0.468 e. The molecule has 10 heteroatoms. The number of rotatable bonds is 4. The molecule has 146 valence electrons. The van der Waals surface area contributed by atoms with Crippen LogP contribution in [-0.4, -0.2) is 37.4 Å². The summed E-state index contributed by atoms with van der Waals surface area (Å²) in [5.41, 5.74) is -0.661. The molecular formula is C18H17FN4O4S. The lowest BCUT2D eigenvalue weighted by molar-refractivity contribution is -0.139. The topological polar surface area (TPSA) is 96.1 Å². The molecule has 2 aromatic heterocycles. The van der Waals surface area contributed by atoms with E-state index in [9.17, 15) is 18.8 Å². The van der Waals surface area contributed by atoms with Gasteiger partial charge in [-0.25, -0.2) is 19.2 Å². The van der Waals surface area contributed by atoms with Gasteiger partial charge in [0.1, 0.15) is 21.5 Å². The first kappa shape index (κ1) is 19.7. The van der Waals surface area contributed by atoms with Crippen LogP contribution < -0.4 is 11.2 Å². The molecule has 0 aliphatic carbocycles. The lowest BCUT2D eigenvalue weighted by Crippen LogP contribution is -2.37. The Bertz CT molecular complexity index is 1200. The van der Waals surface area contributed by atoms with Gasteiger partial charge in [0.25, 0.3) is 5.56 Å². The van der Waals surface area contributed by atoms with Crippen molar-refractivity contribution in [1.82, 2.24) is 19.1 Å². The second-order valence-electron chi connectivity index (χ2n) is 6.05. The number of benzene rings is 1. The van der Waals surface area contributed by atoms with Crippen LogP contribution in [0.3, 0.4) is 0 Å². The first-order chi connectivity index (χ1) is 13.2. The van der Waals surface area contributed by atoms with E-state index in [-0.39, 0.29) is 21.9 Å². The quantitative estimate of drug-likeness (QED) is 0.369. The number of carbonyl (C=O) groups excluding carboxylic acids is 1. The molecule has 8 nitrogen and oxygen atoms in total. The number of hydrogen-bond acceptors (Lipinski definition) is 7. The van der Waals surface area contributed by atoms with Crippen LogP contribution in [0.5, 0.6) is 0 Å². The van der Waals surface area contributed by atoms with Crippen molar-refractivity contribution in [3.8, 4) is 11.4 Å². The van der Waals surface area contributed by atoms with Crippen molar-refractivity contribution in [1.29, 1.82) is 0 Å². The normalized spacial score (nSPS) is 12.2. The van der Waals surface area contributed by atoms with E-state index in [0.29, 0.717) is 5.56 Å². The molecule has 3 aromatic rings. The Kier molecular flexibility index (Phi) is 5.32. The first-order valence-corrected chi connectivity index (χ1v) is 9.10. The summed E-state index contributed by atoms with van der Waals surface area (Å²) in [6.07, 6.45) is 0. The summed E-state index contributed by atoms with van der Waals surface area (Å²) in [6.45, 7) is 1.61. The highest BCUT2D eigenvalue weighted by Crippen LogP contribution is 2.29. The Balaban J connectivity index is 2.35. The first-order valence-electron chi connectivity index (χ1n) is 8.22. The van der Waals surface area contributed by atoms with Crippen molar-refractivity contribution >= 4 is 28.8 Å². The minimum absolute atomic E-state index is 0.0990. The number of ether oxygens (including phenoxy) is 1. The number of aromatic nitrogens is 4. The molecule has 0 aliphatic rings. The van der Waals surface area contributed by atoms with E-state index in [1.54, 1.807) is 13.0 Å². The molecule has 0 fully saturated rings. The molecule has 0 unspecified atom stereocenters. The molecule has 0 amide bonds. The monoisotopic (exact) mass is 404 g/mol. The van der Waals surface area contributed by atoms with Crippen molar-refractivity contribution in [2.75, 3.05) is 7.11 Å². The second-order valence-corrected chi connectivity index (χ2v) is 7.38. The van der Waals surface area contributed by atoms with Gasteiger partial charge in [-0.3, -0.25) is 18.7 Å². The van der Waals surface area contributed by atoms with E-state index in [4.69, 9.17) is 4.74 Å². The highest BCUT2D eigenvalue weighted by molar-refractivity contribution is 8.00. The number of methoxy groups -OCH3 is 1. The highest BCUT2D eigenvalue weighted by atomic mass is 32.2. The molecule has 0 spiro atoms. The molecule has 1 aromatic carbocycles. The minimum atomic E-state index is -0.662. The molecule has 0 saturated heterocycles. The van der Waals surface area contributed by atoms with Crippen LogP contribution in [0, 0.1) is 5.82 Å². The van der Waals surface area contributed by atoms with Gasteiger partial charge in [0.15, 0.2) is 11.5 Å². The van der Waals surface area contributed by atoms with Crippen LogP contribution in [0.1, 0.15) is 6.92 Å². The predicted octanol–water partition coefficient (Wildman–Crippen LogP) is 1.49. The van der Waals surface area contributed by atoms with Gasteiger partial charge < -0.3 is 4.74 Å². The fourth-order valence-corrected chi connectivity index (χ4v) is 3.62. The Morgan fingerprint density at radius 1 is 1.21 bits per heavy atom. The second kappa shape index (κ2) is 7.55. The van der Waals surface area contributed by atoms with Crippen molar-refractivity contribution in [3.63, 3.8) is 0 Å². The van der Waals surface area contributed by atoms with Crippen molar-refractivity contribution < 1.29 is 13.9 Å². The van der Waals surface area contributed by atoms with Gasteiger partial charge in [-0.05, 0) is 19.1 Å². The maximum absolute atomic E-state index is 13.7. The van der Waals surface area contributed by atoms with Crippen molar-refractivity contribution in [2.24, 2.45) is 14.1 Å². The van der Waals surface area contributed by atoms with Crippen LogP contribution in [0.25, 0.3) is 22.4 Å². The number of esters is 1. The fraction of sp³-hybridized carbons (Fsp3) is 0.278. The average molecular weight is 404 g/mol. The third kappa shape index (κ3) is 3.42. The summed E-state index contributed by atoms with van der Waals surface area (Å²) in [7, 11) is 4.09. The molecule has 3 rings (SSSR count). The predicted molar refractivity (Wildman–Crippen MR) is 103 cm³/mol. The number of thioether (sulfide) groups is 1. The molecule has 0 aliphatic heterocycles. The summed E-state index contributed by atoms with van der Waals surface area (Å²) < 4.78 is 20.6. The van der Waals surface area contributed by atoms with Gasteiger partial charge in [0, 0.05) is 19.7 Å². The van der Waals surface area contributed by atoms with Gasteiger partial charge in [-0.1, -0.05) is 23.9 Å². The average Bonchev–Trinajstić information content (AvgIpc) is 2.69. The number of halogens is 1. The van der Waals surface area contributed by atoms with Crippen LogP contribution in [0.15, 0.2) is 38.9 Å². The van der Waals surface area contributed by atoms with E-state index in [0.717, 1.165) is 16.3 Å². The third-order valence-corrected chi connectivity index (χ3v) is 5.24. The van der Waals surface area contributed by atoms with Gasteiger partial charge in [-0.2, -0.15) is 0 Å². The Morgan fingerprint density at radius 2 is 1.93 bits per heavy atom. The number of aryl methyl sites for hydroxylation is 1. The maximum atomic E-state index is 13.7. The summed E-state index contributed by atoms with van der Waals surface area (Å²) in [5, 5.41) is -0.353. The van der Waals surface area contributed by atoms with Crippen LogP contribution >= 0.6 is 11.8 Å². The standard InChI is InChI=1S/C18H17FN4O4S/c1-9(17(25)27-4)28-15-12-14(22(2)18(26)23(3)16(12)24)20-13(21-15)10-6-5-7-11(19)8-10/h5-9H,1-4H3/t9-/m0/s1. The maximum Gasteiger partial charge on any atom is 0.332 e. The van der Waals surface area contributed by atoms with Crippen LogP contribution in [-0.2, 0) is 23.6 Å². The zero-order valence-corrected chi connectivity index (χ0v) is 16.4. The van der Waals surface area contributed by atoms with Crippen molar-refractivity contribution in [3.05, 3.63) is 50.9 Å². The zero-order valence-electron chi connectivity index (χ0n) is 15.6. The van der Waals surface area contributed by atoms with E-state index in [2.05, 4.69) is 9.97 Å².